The van der Waals surface area contributed by atoms with E-state index < -0.39 is 18.2 Å². The van der Waals surface area contributed by atoms with Gasteiger partial charge in [0, 0.05) is 6.42 Å². The van der Waals surface area contributed by atoms with Gasteiger partial charge in [0.05, 0.1) is 25.2 Å². The number of nitrogens with one attached hydrogen (secondary N) is 1. The molecule has 0 fully saturated rings. The number of aliphatic hydroxyl groups excluding tert-OH is 2. The molecule has 3 N–H and O–H groups in total. The molecule has 0 saturated carbocycles. The van der Waals surface area contributed by atoms with Gasteiger partial charge in [-0.25, -0.2) is 0 Å². The molecule has 6 nitrogen and oxygen atoms in total. The molecule has 0 aromatic heterocycles. The van der Waals surface area contributed by atoms with Crippen LogP contribution in [0.15, 0.2) is 12.2 Å². The van der Waals surface area contributed by atoms with Crippen molar-refractivity contribution in [2.75, 3.05) is 6.61 Å². The van der Waals surface area contributed by atoms with E-state index in [1.165, 1.54) is 141 Å². The summed E-state index contributed by atoms with van der Waals surface area (Å²) in [6.45, 7) is 6.42. The SMILES string of the molecule is CCCCC/C=C\CCCCCCCC(=O)OC(CCCCCCCCC)CC(=O)NC(CO)C(O)CCCCCCCCCCCCCCC. The molecule has 0 rings (SSSR count). The fraction of sp³-hybridized carbons (Fsp3) is 0.911. The first kappa shape index (κ1) is 49.6. The molecular formula is C45H87NO5. The van der Waals surface area contributed by atoms with Crippen LogP contribution in [-0.2, 0) is 14.3 Å². The Kier molecular flexibility index (Phi) is 38.7. The first-order valence-corrected chi connectivity index (χ1v) is 22.4. The molecule has 0 aromatic rings. The number of esters is 1. The van der Waals surface area contributed by atoms with Gasteiger partial charge in [-0.1, -0.05) is 187 Å². The van der Waals surface area contributed by atoms with Crippen LogP contribution in [0.3, 0.4) is 0 Å². The highest BCUT2D eigenvalue weighted by Gasteiger charge is 2.24. The minimum atomic E-state index is -0.780. The molecule has 0 aliphatic rings. The molecular weight excluding hydrogens is 634 g/mol. The predicted molar refractivity (Wildman–Crippen MR) is 218 cm³/mol. The van der Waals surface area contributed by atoms with E-state index in [0.717, 1.165) is 51.4 Å². The van der Waals surface area contributed by atoms with Gasteiger partial charge in [-0.05, 0) is 51.4 Å². The number of rotatable bonds is 40. The quantitative estimate of drug-likeness (QED) is 0.0332. The fourth-order valence-electron chi connectivity index (χ4n) is 6.89. The Bertz CT molecular complexity index is 772. The van der Waals surface area contributed by atoms with Crippen LogP contribution in [0.5, 0.6) is 0 Å². The van der Waals surface area contributed by atoms with Crippen LogP contribution in [0.25, 0.3) is 0 Å². The smallest absolute Gasteiger partial charge is 0.306 e. The summed E-state index contributed by atoms with van der Waals surface area (Å²) in [7, 11) is 0. The molecule has 3 atom stereocenters. The highest BCUT2D eigenvalue weighted by Crippen LogP contribution is 2.17. The highest BCUT2D eigenvalue weighted by atomic mass is 16.5. The second-order valence-electron chi connectivity index (χ2n) is 15.5. The van der Waals surface area contributed by atoms with Crippen molar-refractivity contribution in [3.05, 3.63) is 12.2 Å². The molecule has 0 bridgehead atoms. The van der Waals surface area contributed by atoms with Gasteiger partial charge in [-0.15, -0.1) is 0 Å². The average molecular weight is 722 g/mol. The lowest BCUT2D eigenvalue weighted by Gasteiger charge is -2.24. The number of hydrogen-bond donors (Lipinski definition) is 3. The summed E-state index contributed by atoms with van der Waals surface area (Å²) < 4.78 is 5.86. The van der Waals surface area contributed by atoms with E-state index in [2.05, 4.69) is 38.2 Å². The number of carbonyl (C=O) groups is 2. The Morgan fingerprint density at radius 3 is 1.43 bits per heavy atom. The van der Waals surface area contributed by atoms with Crippen molar-refractivity contribution in [2.24, 2.45) is 0 Å². The number of allylic oxidation sites excluding steroid dienone is 2. The van der Waals surface area contributed by atoms with Crippen LogP contribution >= 0.6 is 0 Å². The fourth-order valence-corrected chi connectivity index (χ4v) is 6.89. The topological polar surface area (TPSA) is 95.9 Å². The number of ether oxygens (including phenoxy) is 1. The van der Waals surface area contributed by atoms with E-state index >= 15 is 0 Å². The summed E-state index contributed by atoms with van der Waals surface area (Å²) >= 11 is 0. The van der Waals surface area contributed by atoms with Crippen LogP contribution in [-0.4, -0.2) is 46.9 Å². The van der Waals surface area contributed by atoms with Crippen LogP contribution in [0.1, 0.15) is 239 Å². The molecule has 0 spiro atoms. The molecule has 0 aromatic carbocycles. The van der Waals surface area contributed by atoms with Gasteiger partial charge in [0.2, 0.25) is 5.91 Å². The molecule has 0 aliphatic heterocycles. The highest BCUT2D eigenvalue weighted by molar-refractivity contribution is 5.77. The summed E-state index contributed by atoms with van der Waals surface area (Å²) in [6.07, 6.45) is 41.3. The standard InChI is InChI=1S/C45H87NO5/c1-4-7-10-13-16-18-20-22-23-25-28-31-34-37-43(48)42(40-47)46-44(49)39-41(36-33-30-27-15-12-9-6-3)51-45(50)38-35-32-29-26-24-21-19-17-14-11-8-5-2/h17,19,41-43,47-48H,4-16,18,20-40H2,1-3H3,(H,46,49)/b19-17-. The number of carbonyl (C=O) groups excluding carboxylic acids is 2. The number of aliphatic hydroxyl groups is 2. The molecule has 51 heavy (non-hydrogen) atoms. The lowest BCUT2D eigenvalue weighted by atomic mass is 10.0. The monoisotopic (exact) mass is 722 g/mol. The Morgan fingerprint density at radius 2 is 0.941 bits per heavy atom. The van der Waals surface area contributed by atoms with Gasteiger partial charge in [-0.3, -0.25) is 9.59 Å². The summed E-state index contributed by atoms with van der Waals surface area (Å²) in [5.41, 5.74) is 0. The maximum absolute atomic E-state index is 13.0. The maximum Gasteiger partial charge on any atom is 0.306 e. The summed E-state index contributed by atoms with van der Waals surface area (Å²) in [4.78, 5) is 25.8. The molecule has 1 amide bonds. The van der Waals surface area contributed by atoms with Gasteiger partial charge in [0.25, 0.3) is 0 Å². The van der Waals surface area contributed by atoms with E-state index in [0.29, 0.717) is 19.3 Å². The molecule has 0 radical (unpaired) electrons. The number of unbranched alkanes of at least 4 members (excludes halogenated alkanes) is 26. The average Bonchev–Trinajstić information content (AvgIpc) is 3.12. The van der Waals surface area contributed by atoms with E-state index in [1.54, 1.807) is 0 Å². The van der Waals surface area contributed by atoms with Gasteiger partial charge < -0.3 is 20.3 Å². The van der Waals surface area contributed by atoms with Gasteiger partial charge in [0.1, 0.15) is 6.10 Å². The molecule has 0 saturated heterocycles. The van der Waals surface area contributed by atoms with Crippen molar-refractivity contribution in [1.29, 1.82) is 0 Å². The number of hydrogen-bond acceptors (Lipinski definition) is 5. The van der Waals surface area contributed by atoms with Gasteiger partial charge in [-0.2, -0.15) is 0 Å². The van der Waals surface area contributed by atoms with Crippen molar-refractivity contribution in [1.82, 2.24) is 5.32 Å². The Morgan fingerprint density at radius 1 is 0.549 bits per heavy atom. The Balaban J connectivity index is 4.43. The lowest BCUT2D eigenvalue weighted by molar-refractivity contribution is -0.151. The Labute approximate surface area is 317 Å². The third kappa shape index (κ3) is 35.4. The van der Waals surface area contributed by atoms with Crippen molar-refractivity contribution in [2.45, 2.75) is 257 Å². The molecule has 0 heterocycles. The van der Waals surface area contributed by atoms with Crippen molar-refractivity contribution >= 4 is 11.9 Å². The number of amides is 1. The molecule has 6 heteroatoms. The van der Waals surface area contributed by atoms with E-state index in [-0.39, 0.29) is 24.9 Å². The first-order valence-electron chi connectivity index (χ1n) is 22.4. The molecule has 0 aliphatic carbocycles. The summed E-state index contributed by atoms with van der Waals surface area (Å²) in [5.74, 6) is -0.481. The minimum absolute atomic E-state index is 0.0789. The van der Waals surface area contributed by atoms with Crippen molar-refractivity contribution in [3.63, 3.8) is 0 Å². The zero-order valence-corrected chi connectivity index (χ0v) is 34.3. The second kappa shape index (κ2) is 39.8. The largest absolute Gasteiger partial charge is 0.462 e. The third-order valence-electron chi connectivity index (χ3n) is 10.3. The minimum Gasteiger partial charge on any atom is -0.462 e. The van der Waals surface area contributed by atoms with Crippen LogP contribution in [0.2, 0.25) is 0 Å². The van der Waals surface area contributed by atoms with Crippen LogP contribution in [0, 0.1) is 0 Å². The zero-order chi connectivity index (χ0) is 37.5. The summed E-state index contributed by atoms with van der Waals surface area (Å²) in [6, 6.07) is -0.693. The zero-order valence-electron chi connectivity index (χ0n) is 34.3. The predicted octanol–water partition coefficient (Wildman–Crippen LogP) is 12.6. The lowest BCUT2D eigenvalue weighted by Crippen LogP contribution is -2.46. The maximum atomic E-state index is 13.0. The normalized spacial score (nSPS) is 13.4. The van der Waals surface area contributed by atoms with E-state index in [4.69, 9.17) is 4.74 Å². The van der Waals surface area contributed by atoms with E-state index in [1.807, 2.05) is 0 Å². The third-order valence-corrected chi connectivity index (χ3v) is 10.3. The van der Waals surface area contributed by atoms with Gasteiger partial charge >= 0.3 is 5.97 Å². The summed E-state index contributed by atoms with van der Waals surface area (Å²) in [5, 5.41) is 23.6. The van der Waals surface area contributed by atoms with Gasteiger partial charge in [0.15, 0.2) is 0 Å². The first-order chi connectivity index (χ1) is 25.0. The Hall–Kier alpha value is -1.40. The van der Waals surface area contributed by atoms with E-state index in [9.17, 15) is 19.8 Å². The molecule has 3 unspecified atom stereocenters. The second-order valence-corrected chi connectivity index (χ2v) is 15.5. The van der Waals surface area contributed by atoms with Crippen LogP contribution < -0.4 is 5.32 Å². The van der Waals surface area contributed by atoms with Crippen molar-refractivity contribution < 1.29 is 24.5 Å². The molecule has 302 valence electrons. The van der Waals surface area contributed by atoms with Crippen LogP contribution in [0.4, 0.5) is 0 Å². The van der Waals surface area contributed by atoms with Crippen molar-refractivity contribution in [3.8, 4) is 0 Å².